The largest absolute Gasteiger partial charge is 0.432 e. The van der Waals surface area contributed by atoms with Crippen molar-refractivity contribution in [2.75, 3.05) is 0 Å². The van der Waals surface area contributed by atoms with Crippen LogP contribution in [0.1, 0.15) is 76.5 Å². The lowest BCUT2D eigenvalue weighted by Gasteiger charge is -2.58. The molecule has 2 aromatic heterocycles. The van der Waals surface area contributed by atoms with Crippen LogP contribution in [0.3, 0.4) is 0 Å². The molecular formula is C29H35N3O3. The maximum absolute atomic E-state index is 12.5. The number of carbonyl (C=O) groups is 1. The summed E-state index contributed by atoms with van der Waals surface area (Å²) in [5.41, 5.74) is 3.79. The van der Waals surface area contributed by atoms with E-state index in [0.29, 0.717) is 24.2 Å². The Morgan fingerprint density at radius 2 is 1.94 bits per heavy atom. The maximum atomic E-state index is 12.5. The van der Waals surface area contributed by atoms with Crippen LogP contribution in [-0.2, 0) is 16.0 Å². The van der Waals surface area contributed by atoms with Crippen LogP contribution in [0.4, 0.5) is 0 Å². The molecule has 5 aliphatic rings. The van der Waals surface area contributed by atoms with Gasteiger partial charge in [-0.1, -0.05) is 25.5 Å². The molecule has 0 bridgehead atoms. The molecule has 0 radical (unpaired) electrons. The fourth-order valence-corrected chi connectivity index (χ4v) is 8.42. The monoisotopic (exact) mass is 473 g/mol. The fraction of sp³-hybridized carbons (Fsp3) is 0.621. The normalized spacial score (nSPS) is 39.6. The van der Waals surface area contributed by atoms with Crippen molar-refractivity contribution in [3.05, 3.63) is 47.4 Å². The van der Waals surface area contributed by atoms with Gasteiger partial charge in [-0.3, -0.25) is 4.79 Å². The topological polar surface area (TPSA) is 77.2 Å². The van der Waals surface area contributed by atoms with Gasteiger partial charge in [0, 0.05) is 18.0 Å². The Hall–Kier alpha value is -2.47. The van der Waals surface area contributed by atoms with Crippen LogP contribution in [-0.4, -0.2) is 31.6 Å². The summed E-state index contributed by atoms with van der Waals surface area (Å²) in [6.07, 6.45) is 14.8. The summed E-state index contributed by atoms with van der Waals surface area (Å²) in [7, 11) is 0. The predicted molar refractivity (Wildman–Crippen MR) is 131 cm³/mol. The number of aromatic nitrogens is 3. The number of ether oxygens (including phenoxy) is 1. The van der Waals surface area contributed by atoms with E-state index in [2.05, 4.69) is 24.9 Å². The van der Waals surface area contributed by atoms with Crippen molar-refractivity contribution < 1.29 is 14.6 Å². The second-order valence-electron chi connectivity index (χ2n) is 12.3. The minimum atomic E-state index is -1.30. The SMILES string of the molecule is CC12Cc3cnn(-c4ccccn4)c3C=C1CCC1C2CCC2(C)C1CCC2(O)OC(=O)C1CC1. The fourth-order valence-electron chi connectivity index (χ4n) is 8.42. The van der Waals surface area contributed by atoms with Crippen LogP contribution >= 0.6 is 0 Å². The highest BCUT2D eigenvalue weighted by Gasteiger charge is 2.66. The van der Waals surface area contributed by atoms with Crippen molar-refractivity contribution in [2.45, 2.75) is 77.4 Å². The molecule has 2 aromatic rings. The molecule has 5 aliphatic carbocycles. The van der Waals surface area contributed by atoms with Gasteiger partial charge in [0.1, 0.15) is 0 Å². The molecule has 6 unspecified atom stereocenters. The third-order valence-corrected chi connectivity index (χ3v) is 10.6. The number of carbonyl (C=O) groups excluding carboxylic acids is 1. The molecule has 0 amide bonds. The number of rotatable bonds is 3. The molecule has 0 aromatic carbocycles. The molecule has 2 heterocycles. The Balaban J connectivity index is 1.18. The molecule has 0 aliphatic heterocycles. The van der Waals surface area contributed by atoms with Crippen molar-refractivity contribution in [3.8, 4) is 5.82 Å². The van der Waals surface area contributed by atoms with Crippen molar-refractivity contribution in [3.63, 3.8) is 0 Å². The van der Waals surface area contributed by atoms with Gasteiger partial charge in [-0.15, -0.1) is 0 Å². The Bertz CT molecular complexity index is 1220. The van der Waals surface area contributed by atoms with Crippen molar-refractivity contribution >= 4 is 12.0 Å². The van der Waals surface area contributed by atoms with Crippen molar-refractivity contribution in [2.24, 2.45) is 34.5 Å². The standard InChI is InChI=1S/C29H35N3O3/c1-27-16-19-17-31-32(25-5-3-4-14-30-25)24(19)15-20(27)8-9-21-22(27)10-12-28(2)23(21)11-13-29(28,34)35-26(33)18-6-7-18/h3-5,14-15,17-18,21-23,34H,6-13,16H2,1-2H3. The molecular weight excluding hydrogens is 438 g/mol. The van der Waals surface area contributed by atoms with E-state index in [9.17, 15) is 9.90 Å². The second kappa shape index (κ2) is 7.28. The van der Waals surface area contributed by atoms with Gasteiger partial charge in [-0.05, 0) is 98.3 Å². The van der Waals surface area contributed by atoms with Crippen LogP contribution in [0.25, 0.3) is 11.9 Å². The van der Waals surface area contributed by atoms with E-state index in [1.807, 2.05) is 35.3 Å². The van der Waals surface area contributed by atoms with Crippen molar-refractivity contribution in [1.29, 1.82) is 0 Å². The van der Waals surface area contributed by atoms with Crippen molar-refractivity contribution in [1.82, 2.24) is 14.8 Å². The quantitative estimate of drug-likeness (QED) is 0.496. The number of pyridine rings is 1. The molecule has 7 rings (SSSR count). The highest BCUT2D eigenvalue weighted by molar-refractivity contribution is 5.75. The lowest BCUT2D eigenvalue weighted by molar-refractivity contribution is -0.265. The highest BCUT2D eigenvalue weighted by Crippen LogP contribution is 2.67. The first-order valence-corrected chi connectivity index (χ1v) is 13.5. The first kappa shape index (κ1) is 21.8. The molecule has 6 heteroatoms. The maximum Gasteiger partial charge on any atom is 0.311 e. The summed E-state index contributed by atoms with van der Waals surface area (Å²) in [6.45, 7) is 4.66. The smallest absolute Gasteiger partial charge is 0.311 e. The van der Waals surface area contributed by atoms with E-state index in [1.54, 1.807) is 5.57 Å². The molecule has 0 saturated heterocycles. The van der Waals surface area contributed by atoms with Gasteiger partial charge in [0.15, 0.2) is 5.82 Å². The number of hydrogen-bond donors (Lipinski definition) is 1. The number of nitrogens with zero attached hydrogens (tertiary/aromatic N) is 3. The lowest BCUT2D eigenvalue weighted by Crippen LogP contribution is -2.56. The molecule has 4 fully saturated rings. The van der Waals surface area contributed by atoms with Crippen LogP contribution in [0, 0.1) is 34.5 Å². The third kappa shape index (κ3) is 3.01. The number of esters is 1. The summed E-state index contributed by atoms with van der Waals surface area (Å²) in [5.74, 6) is 0.926. The van der Waals surface area contributed by atoms with E-state index in [4.69, 9.17) is 9.84 Å². The van der Waals surface area contributed by atoms with Gasteiger partial charge in [0.25, 0.3) is 0 Å². The van der Waals surface area contributed by atoms with Gasteiger partial charge < -0.3 is 9.84 Å². The Labute approximate surface area is 206 Å². The van der Waals surface area contributed by atoms with E-state index in [-0.39, 0.29) is 22.7 Å². The molecule has 6 atom stereocenters. The minimum Gasteiger partial charge on any atom is -0.432 e. The summed E-state index contributed by atoms with van der Waals surface area (Å²) >= 11 is 0. The Morgan fingerprint density at radius 1 is 1.11 bits per heavy atom. The highest BCUT2D eigenvalue weighted by atomic mass is 16.7. The molecule has 35 heavy (non-hydrogen) atoms. The Morgan fingerprint density at radius 3 is 2.71 bits per heavy atom. The average Bonchev–Trinajstić information content (AvgIpc) is 3.57. The van der Waals surface area contributed by atoms with E-state index in [0.717, 1.165) is 57.2 Å². The van der Waals surface area contributed by atoms with Gasteiger partial charge >= 0.3 is 5.97 Å². The lowest BCUT2D eigenvalue weighted by atomic mass is 9.47. The molecule has 4 saturated carbocycles. The third-order valence-electron chi connectivity index (χ3n) is 10.6. The number of hydrogen-bond acceptors (Lipinski definition) is 5. The van der Waals surface area contributed by atoms with Gasteiger partial charge in [-0.2, -0.15) is 5.10 Å². The van der Waals surface area contributed by atoms with Gasteiger partial charge in [0.2, 0.25) is 5.79 Å². The summed E-state index contributed by atoms with van der Waals surface area (Å²) in [4.78, 5) is 17.0. The molecule has 184 valence electrons. The minimum absolute atomic E-state index is 0.0164. The predicted octanol–water partition coefficient (Wildman–Crippen LogP) is 5.09. The zero-order valence-corrected chi connectivity index (χ0v) is 20.7. The van der Waals surface area contributed by atoms with Crippen LogP contribution < -0.4 is 0 Å². The summed E-state index contributed by atoms with van der Waals surface area (Å²) in [6, 6.07) is 5.95. The molecule has 1 N–H and O–H groups in total. The van der Waals surface area contributed by atoms with Gasteiger partial charge in [-0.25, -0.2) is 9.67 Å². The molecule has 0 spiro atoms. The van der Waals surface area contributed by atoms with Gasteiger partial charge in [0.05, 0.1) is 17.8 Å². The number of aliphatic hydroxyl groups is 1. The first-order valence-electron chi connectivity index (χ1n) is 13.5. The van der Waals surface area contributed by atoms with E-state index in [1.165, 1.54) is 11.3 Å². The summed E-state index contributed by atoms with van der Waals surface area (Å²) < 4.78 is 7.87. The second-order valence-corrected chi connectivity index (χ2v) is 12.3. The van der Waals surface area contributed by atoms with E-state index < -0.39 is 5.79 Å². The number of allylic oxidation sites excluding steroid dienone is 1. The Kier molecular flexibility index (Phi) is 4.53. The summed E-state index contributed by atoms with van der Waals surface area (Å²) in [5, 5.41) is 16.4. The number of fused-ring (bicyclic) bond motifs is 6. The zero-order chi connectivity index (χ0) is 24.0. The molecule has 6 nitrogen and oxygen atoms in total. The average molecular weight is 474 g/mol. The van der Waals surface area contributed by atoms with Crippen LogP contribution in [0.15, 0.2) is 36.2 Å². The van der Waals surface area contributed by atoms with E-state index >= 15 is 0 Å². The zero-order valence-electron chi connectivity index (χ0n) is 20.7. The van der Waals surface area contributed by atoms with Crippen LogP contribution in [0.2, 0.25) is 0 Å². The van der Waals surface area contributed by atoms with Crippen LogP contribution in [0.5, 0.6) is 0 Å². The first-order chi connectivity index (χ1) is 16.8.